The first-order valence-corrected chi connectivity index (χ1v) is 18.6. The van der Waals surface area contributed by atoms with Crippen LogP contribution in [0, 0.1) is 0 Å². The fraction of sp³-hybridized carbons (Fsp3) is 0.595. The van der Waals surface area contributed by atoms with Gasteiger partial charge in [0.25, 0.3) is 0 Å². The number of carboxylic acid groups (broad SMARTS) is 1. The minimum absolute atomic E-state index is 0.00673. The molecule has 8 nitrogen and oxygen atoms in total. The molecule has 50 heavy (non-hydrogen) atoms. The Kier molecular flexibility index (Phi) is 30.4. The van der Waals surface area contributed by atoms with Gasteiger partial charge in [-0.25, -0.2) is 4.79 Å². The Morgan fingerprint density at radius 2 is 1.16 bits per heavy atom. The SMILES string of the molecule is CC/C=C/C/C=C/C/C=C/CC(=O)OCC(COCCC(C(=O)O)[N+](C)(C)C)OC(=O)CCC/C=C/C/C=C/C/C=C/C/C=C/CCCCC. The van der Waals surface area contributed by atoms with Crippen molar-refractivity contribution in [2.24, 2.45) is 0 Å². The van der Waals surface area contributed by atoms with Crippen LogP contribution in [-0.4, -0.2) is 80.6 Å². The molecule has 0 aromatic carbocycles. The second kappa shape index (κ2) is 32.7. The summed E-state index contributed by atoms with van der Waals surface area (Å²) in [5, 5.41) is 9.56. The molecule has 0 rings (SSSR count). The van der Waals surface area contributed by atoms with Crippen LogP contribution in [0.25, 0.3) is 0 Å². The molecule has 0 aliphatic carbocycles. The summed E-state index contributed by atoms with van der Waals surface area (Å²) in [5.74, 6) is -1.71. The highest BCUT2D eigenvalue weighted by molar-refractivity contribution is 5.72. The van der Waals surface area contributed by atoms with E-state index in [1.54, 1.807) is 6.08 Å². The van der Waals surface area contributed by atoms with Crippen LogP contribution in [-0.2, 0) is 28.6 Å². The molecule has 0 aliphatic rings. The third-order valence-corrected chi connectivity index (χ3v) is 7.56. The van der Waals surface area contributed by atoms with Crippen LogP contribution in [0.4, 0.5) is 0 Å². The van der Waals surface area contributed by atoms with Gasteiger partial charge in [-0.3, -0.25) is 9.59 Å². The number of rotatable bonds is 31. The van der Waals surface area contributed by atoms with Gasteiger partial charge in [-0.2, -0.15) is 0 Å². The van der Waals surface area contributed by atoms with Crippen molar-refractivity contribution in [2.75, 3.05) is 41.0 Å². The number of carboxylic acids is 1. The predicted octanol–water partition coefficient (Wildman–Crippen LogP) is 9.40. The minimum Gasteiger partial charge on any atom is -0.477 e. The first-order chi connectivity index (χ1) is 24.1. The van der Waals surface area contributed by atoms with E-state index in [0.29, 0.717) is 12.8 Å². The summed E-state index contributed by atoms with van der Waals surface area (Å²) in [5.41, 5.74) is 0. The van der Waals surface area contributed by atoms with E-state index in [0.717, 1.165) is 44.9 Å². The maximum Gasteiger partial charge on any atom is 0.362 e. The number of hydrogen-bond donors (Lipinski definition) is 1. The zero-order valence-electron chi connectivity index (χ0n) is 31.8. The number of unbranched alkanes of at least 4 members (excludes halogenated alkanes) is 4. The summed E-state index contributed by atoms with van der Waals surface area (Å²) in [6.07, 6.45) is 41.1. The molecule has 0 amide bonds. The fourth-order valence-electron chi connectivity index (χ4n) is 4.67. The van der Waals surface area contributed by atoms with E-state index < -0.39 is 24.1 Å². The Labute approximate surface area is 303 Å². The predicted molar refractivity (Wildman–Crippen MR) is 206 cm³/mol. The van der Waals surface area contributed by atoms with Gasteiger partial charge in [0.1, 0.15) is 6.61 Å². The molecule has 282 valence electrons. The summed E-state index contributed by atoms with van der Waals surface area (Å²) in [6, 6.07) is -0.638. The van der Waals surface area contributed by atoms with Crippen LogP contribution in [0.2, 0.25) is 0 Å². The molecule has 0 radical (unpaired) electrons. The Balaban J connectivity index is 4.62. The summed E-state index contributed by atoms with van der Waals surface area (Å²) >= 11 is 0. The first-order valence-electron chi connectivity index (χ1n) is 18.6. The van der Waals surface area contributed by atoms with E-state index in [4.69, 9.17) is 14.2 Å². The maximum absolute atomic E-state index is 12.6. The van der Waals surface area contributed by atoms with E-state index >= 15 is 0 Å². The molecule has 8 heteroatoms. The van der Waals surface area contributed by atoms with E-state index in [9.17, 15) is 19.5 Å². The highest BCUT2D eigenvalue weighted by atomic mass is 16.6. The molecule has 0 heterocycles. The second-order valence-corrected chi connectivity index (χ2v) is 13.1. The molecule has 1 N–H and O–H groups in total. The molecule has 0 fully saturated rings. The van der Waals surface area contributed by atoms with Crippen LogP contribution < -0.4 is 0 Å². The van der Waals surface area contributed by atoms with Gasteiger partial charge in [0.2, 0.25) is 0 Å². The van der Waals surface area contributed by atoms with Gasteiger partial charge in [-0.05, 0) is 64.2 Å². The molecule has 0 saturated carbocycles. The van der Waals surface area contributed by atoms with Gasteiger partial charge < -0.3 is 23.8 Å². The smallest absolute Gasteiger partial charge is 0.362 e. The van der Waals surface area contributed by atoms with Gasteiger partial charge in [0.15, 0.2) is 12.1 Å². The zero-order valence-corrected chi connectivity index (χ0v) is 31.8. The molecule has 0 aliphatic heterocycles. The average Bonchev–Trinajstić information content (AvgIpc) is 3.06. The number of nitrogens with zero attached hydrogens (tertiary/aromatic N) is 1. The number of quaternary nitrogens is 1. The number of esters is 2. The molecular formula is C42H68NO7+. The van der Waals surface area contributed by atoms with Gasteiger partial charge in [-0.15, -0.1) is 0 Å². The lowest BCUT2D eigenvalue weighted by atomic mass is 10.1. The Morgan fingerprint density at radius 1 is 0.640 bits per heavy atom. The van der Waals surface area contributed by atoms with E-state index in [1.807, 2.05) is 33.3 Å². The highest BCUT2D eigenvalue weighted by Crippen LogP contribution is 2.10. The van der Waals surface area contributed by atoms with Gasteiger partial charge in [-0.1, -0.05) is 112 Å². The standard InChI is InChI=1S/C42H67NO7/c1-6-8-10-12-14-16-17-18-19-20-21-22-23-25-27-29-31-33-41(45)50-38(36-48-35-34-39(42(46)47)43(3,4)5)37-49-40(44)32-30-28-26-24-15-13-11-9-7-2/h9,11,14-16,18-19,21-22,24-25,27-28,30,38-39H,6-8,10,12-13,17,20,23,26,29,31-37H2,1-5H3/p+1/b11-9+,16-14+,19-18+,22-21+,24-15+,27-25+,30-28+. The topological polar surface area (TPSA) is 99.1 Å². The Hall–Kier alpha value is -3.49. The van der Waals surface area contributed by atoms with Crippen molar-refractivity contribution in [1.29, 1.82) is 0 Å². The molecule has 0 aromatic heterocycles. The van der Waals surface area contributed by atoms with Crippen molar-refractivity contribution in [3.05, 3.63) is 85.1 Å². The van der Waals surface area contributed by atoms with Crippen molar-refractivity contribution < 1.29 is 38.2 Å². The van der Waals surface area contributed by atoms with E-state index in [2.05, 4.69) is 80.7 Å². The monoisotopic (exact) mass is 698 g/mol. The summed E-state index contributed by atoms with van der Waals surface area (Å²) in [7, 11) is 5.46. The van der Waals surface area contributed by atoms with Crippen LogP contribution in [0.15, 0.2) is 85.1 Å². The summed E-state index contributed by atoms with van der Waals surface area (Å²) in [6.45, 7) is 4.37. The van der Waals surface area contributed by atoms with Crippen LogP contribution >= 0.6 is 0 Å². The first kappa shape index (κ1) is 46.5. The molecular weight excluding hydrogens is 630 g/mol. The number of carbonyl (C=O) groups is 3. The molecule has 0 spiro atoms. The van der Waals surface area contributed by atoms with Crippen LogP contribution in [0.3, 0.4) is 0 Å². The molecule has 0 bridgehead atoms. The molecule has 0 aromatic rings. The lowest BCUT2D eigenvalue weighted by Gasteiger charge is -2.31. The normalized spacial score (nSPS) is 14.0. The number of ether oxygens (including phenoxy) is 3. The Bertz CT molecular complexity index is 1090. The number of likely N-dealkylation sites (N-methyl/N-ethyl adjacent to an activating group) is 1. The summed E-state index contributed by atoms with van der Waals surface area (Å²) in [4.78, 5) is 36.6. The van der Waals surface area contributed by atoms with Crippen molar-refractivity contribution in [1.82, 2.24) is 0 Å². The highest BCUT2D eigenvalue weighted by Gasteiger charge is 2.31. The third kappa shape index (κ3) is 30.6. The number of carbonyl (C=O) groups excluding carboxylic acids is 2. The molecule has 0 saturated heterocycles. The van der Waals surface area contributed by atoms with Gasteiger partial charge >= 0.3 is 17.9 Å². The van der Waals surface area contributed by atoms with Gasteiger partial charge in [0, 0.05) is 12.8 Å². The Morgan fingerprint density at radius 3 is 1.68 bits per heavy atom. The lowest BCUT2D eigenvalue weighted by molar-refractivity contribution is -0.887. The van der Waals surface area contributed by atoms with Gasteiger partial charge in [0.05, 0.1) is 40.8 Å². The van der Waals surface area contributed by atoms with E-state index in [1.165, 1.54) is 25.7 Å². The number of aliphatic carboxylic acids is 1. The minimum atomic E-state index is -0.899. The fourth-order valence-corrected chi connectivity index (χ4v) is 4.67. The van der Waals surface area contributed by atoms with Crippen LogP contribution in [0.5, 0.6) is 0 Å². The van der Waals surface area contributed by atoms with Crippen molar-refractivity contribution >= 4 is 17.9 Å². The van der Waals surface area contributed by atoms with E-state index in [-0.39, 0.29) is 43.1 Å². The maximum atomic E-state index is 12.6. The molecule has 2 unspecified atom stereocenters. The molecule has 2 atom stereocenters. The number of allylic oxidation sites excluding steroid dienone is 13. The second-order valence-electron chi connectivity index (χ2n) is 13.1. The lowest BCUT2D eigenvalue weighted by Crippen LogP contribution is -2.50. The quantitative estimate of drug-likeness (QED) is 0.0333. The average molecular weight is 699 g/mol. The van der Waals surface area contributed by atoms with Crippen LogP contribution in [0.1, 0.15) is 110 Å². The van der Waals surface area contributed by atoms with Crippen molar-refractivity contribution in [3.63, 3.8) is 0 Å². The largest absolute Gasteiger partial charge is 0.477 e. The van der Waals surface area contributed by atoms with Crippen molar-refractivity contribution in [2.45, 2.75) is 122 Å². The summed E-state index contributed by atoms with van der Waals surface area (Å²) < 4.78 is 17.0. The van der Waals surface area contributed by atoms with Crippen molar-refractivity contribution in [3.8, 4) is 0 Å². The third-order valence-electron chi connectivity index (χ3n) is 7.56. The number of hydrogen-bond acceptors (Lipinski definition) is 6. The zero-order chi connectivity index (χ0) is 37.1.